The maximum Gasteiger partial charge on any atom is 0.365 e. The van der Waals surface area contributed by atoms with E-state index < -0.39 is 12.9 Å². The summed E-state index contributed by atoms with van der Waals surface area (Å²) in [7, 11) is -1.18. The third-order valence-corrected chi connectivity index (χ3v) is 4.91. The number of halogens is 1. The van der Waals surface area contributed by atoms with Crippen LogP contribution in [0.4, 0.5) is 0 Å². The molecule has 16 heavy (non-hydrogen) atoms. The van der Waals surface area contributed by atoms with E-state index in [0.717, 1.165) is 0 Å². The van der Waals surface area contributed by atoms with Crippen LogP contribution in [0.1, 0.15) is 12.5 Å². The van der Waals surface area contributed by atoms with E-state index in [1.807, 2.05) is 0 Å². The molecule has 90 valence electrons. The molecule has 0 aromatic heterocycles. The van der Waals surface area contributed by atoms with Gasteiger partial charge in [-0.1, -0.05) is 23.7 Å². The minimum Gasteiger partial charge on any atom is -0.373 e. The first-order valence-corrected chi connectivity index (χ1v) is 6.49. The molecule has 0 saturated heterocycles. The Bertz CT molecular complexity index is 411. The van der Waals surface area contributed by atoms with Gasteiger partial charge in [0.1, 0.15) is 0 Å². The van der Waals surface area contributed by atoms with Gasteiger partial charge < -0.3 is 14.2 Å². The smallest absolute Gasteiger partial charge is 0.365 e. The van der Waals surface area contributed by atoms with Crippen LogP contribution in [-0.2, 0) is 19.0 Å². The van der Waals surface area contributed by atoms with E-state index in [-0.39, 0.29) is 0 Å². The average molecular weight is 265 g/mol. The van der Waals surface area contributed by atoms with Crippen molar-refractivity contribution in [2.75, 3.05) is 14.2 Å². The Kier molecular flexibility index (Phi) is 4.16. The number of benzene rings is 1. The van der Waals surface area contributed by atoms with Gasteiger partial charge in [0.15, 0.2) is 5.34 Å². The SMILES string of the molecule is COP(=O)(OC)C(C)(O)c1cccc(Cl)c1. The van der Waals surface area contributed by atoms with Crippen molar-refractivity contribution in [3.63, 3.8) is 0 Å². The van der Waals surface area contributed by atoms with Gasteiger partial charge in [0.2, 0.25) is 0 Å². The molecule has 0 heterocycles. The van der Waals surface area contributed by atoms with Crippen LogP contribution in [0.25, 0.3) is 0 Å². The highest BCUT2D eigenvalue weighted by molar-refractivity contribution is 7.54. The molecule has 0 aliphatic carbocycles. The van der Waals surface area contributed by atoms with Gasteiger partial charge in [-0.25, -0.2) is 0 Å². The Morgan fingerprint density at radius 3 is 2.38 bits per heavy atom. The second-order valence-corrected chi connectivity index (χ2v) is 6.43. The van der Waals surface area contributed by atoms with E-state index in [2.05, 4.69) is 0 Å². The maximum atomic E-state index is 12.1. The van der Waals surface area contributed by atoms with Crippen LogP contribution in [-0.4, -0.2) is 19.3 Å². The lowest BCUT2D eigenvalue weighted by Crippen LogP contribution is -2.23. The molecule has 0 fully saturated rings. The molecule has 0 radical (unpaired) electrons. The summed E-state index contributed by atoms with van der Waals surface area (Å²) >= 11 is 5.80. The van der Waals surface area contributed by atoms with E-state index in [1.54, 1.807) is 18.2 Å². The van der Waals surface area contributed by atoms with Crippen LogP contribution in [0, 0.1) is 0 Å². The molecular weight excluding hydrogens is 251 g/mol. The molecule has 1 aromatic carbocycles. The molecule has 0 spiro atoms. The number of aliphatic hydroxyl groups is 1. The van der Waals surface area contributed by atoms with Crippen molar-refractivity contribution >= 4 is 19.2 Å². The lowest BCUT2D eigenvalue weighted by Gasteiger charge is -2.30. The first kappa shape index (κ1) is 13.7. The van der Waals surface area contributed by atoms with Crippen LogP contribution >= 0.6 is 19.2 Å². The summed E-state index contributed by atoms with van der Waals surface area (Å²) in [6.07, 6.45) is 0. The Balaban J connectivity index is 3.25. The zero-order chi connectivity index (χ0) is 12.4. The van der Waals surface area contributed by atoms with Crippen molar-refractivity contribution in [2.45, 2.75) is 12.3 Å². The Morgan fingerprint density at radius 1 is 1.38 bits per heavy atom. The molecule has 1 rings (SSSR count). The predicted molar refractivity (Wildman–Crippen MR) is 62.6 cm³/mol. The number of hydrogen-bond acceptors (Lipinski definition) is 4. The largest absolute Gasteiger partial charge is 0.373 e. The minimum atomic E-state index is -3.63. The van der Waals surface area contributed by atoms with Gasteiger partial charge in [-0.3, -0.25) is 4.57 Å². The molecule has 4 nitrogen and oxygen atoms in total. The predicted octanol–water partition coefficient (Wildman–Crippen LogP) is 2.99. The van der Waals surface area contributed by atoms with Crippen molar-refractivity contribution in [1.82, 2.24) is 0 Å². The molecule has 0 saturated carbocycles. The van der Waals surface area contributed by atoms with Crippen molar-refractivity contribution in [3.05, 3.63) is 34.9 Å². The highest BCUT2D eigenvalue weighted by Gasteiger charge is 2.46. The Labute approximate surface area is 99.7 Å². The highest BCUT2D eigenvalue weighted by atomic mass is 35.5. The topological polar surface area (TPSA) is 55.8 Å². The first-order valence-electron chi connectivity index (χ1n) is 4.57. The maximum absolute atomic E-state index is 12.1. The van der Waals surface area contributed by atoms with E-state index in [1.165, 1.54) is 27.2 Å². The molecule has 0 amide bonds. The van der Waals surface area contributed by atoms with Gasteiger partial charge >= 0.3 is 7.60 Å². The van der Waals surface area contributed by atoms with Gasteiger partial charge in [-0.15, -0.1) is 0 Å². The zero-order valence-corrected chi connectivity index (χ0v) is 11.0. The summed E-state index contributed by atoms with van der Waals surface area (Å²) in [5.74, 6) is 0. The Hall–Kier alpha value is -0.380. The average Bonchev–Trinajstić information content (AvgIpc) is 2.27. The molecular formula is C10H14ClO4P. The van der Waals surface area contributed by atoms with Crippen LogP contribution in [0.3, 0.4) is 0 Å². The monoisotopic (exact) mass is 264 g/mol. The van der Waals surface area contributed by atoms with E-state index >= 15 is 0 Å². The standard InChI is InChI=1S/C10H14ClO4P/c1-10(12,16(13,14-2)15-3)8-5-4-6-9(11)7-8/h4-7,12H,1-3H3. The third kappa shape index (κ3) is 2.31. The number of rotatable bonds is 4. The van der Waals surface area contributed by atoms with Crippen molar-refractivity contribution in [3.8, 4) is 0 Å². The molecule has 0 aliphatic rings. The van der Waals surface area contributed by atoms with E-state index in [9.17, 15) is 9.67 Å². The van der Waals surface area contributed by atoms with E-state index in [0.29, 0.717) is 10.6 Å². The lowest BCUT2D eigenvalue weighted by atomic mass is 10.1. The van der Waals surface area contributed by atoms with Crippen LogP contribution in [0.5, 0.6) is 0 Å². The van der Waals surface area contributed by atoms with Crippen molar-refractivity contribution < 1.29 is 18.7 Å². The fourth-order valence-electron chi connectivity index (χ4n) is 1.37. The Morgan fingerprint density at radius 2 is 1.94 bits per heavy atom. The molecule has 0 bridgehead atoms. The van der Waals surface area contributed by atoms with Gasteiger partial charge in [0, 0.05) is 19.2 Å². The normalized spacial score (nSPS) is 15.8. The fraction of sp³-hybridized carbons (Fsp3) is 0.400. The summed E-state index contributed by atoms with van der Waals surface area (Å²) in [6, 6.07) is 6.44. The van der Waals surface area contributed by atoms with Gasteiger partial charge in [0.05, 0.1) is 0 Å². The molecule has 1 aromatic rings. The summed E-state index contributed by atoms with van der Waals surface area (Å²) in [6.45, 7) is 1.37. The first-order chi connectivity index (χ1) is 7.37. The van der Waals surface area contributed by atoms with Crippen LogP contribution in [0.2, 0.25) is 5.02 Å². The second kappa shape index (κ2) is 4.86. The van der Waals surface area contributed by atoms with Crippen LogP contribution in [0.15, 0.2) is 24.3 Å². The molecule has 1 atom stereocenters. The molecule has 6 heteroatoms. The lowest BCUT2D eigenvalue weighted by molar-refractivity contribution is 0.0932. The van der Waals surface area contributed by atoms with Crippen molar-refractivity contribution in [2.24, 2.45) is 0 Å². The molecule has 1 N–H and O–H groups in total. The van der Waals surface area contributed by atoms with Gasteiger partial charge in [-0.05, 0) is 24.6 Å². The highest BCUT2D eigenvalue weighted by Crippen LogP contribution is 2.62. The van der Waals surface area contributed by atoms with E-state index in [4.69, 9.17) is 20.6 Å². The van der Waals surface area contributed by atoms with Crippen LogP contribution < -0.4 is 0 Å². The zero-order valence-electron chi connectivity index (χ0n) is 9.31. The summed E-state index contributed by atoms with van der Waals surface area (Å²) in [4.78, 5) is 0. The number of hydrogen-bond donors (Lipinski definition) is 1. The minimum absolute atomic E-state index is 0.382. The second-order valence-electron chi connectivity index (χ2n) is 3.39. The summed E-state index contributed by atoms with van der Waals surface area (Å²) < 4.78 is 21.7. The molecule has 0 aliphatic heterocycles. The summed E-state index contributed by atoms with van der Waals surface area (Å²) in [5, 5.41) is 8.96. The fourth-order valence-corrected chi connectivity index (χ4v) is 2.88. The molecule has 1 unspecified atom stereocenters. The third-order valence-electron chi connectivity index (χ3n) is 2.39. The van der Waals surface area contributed by atoms with Gasteiger partial charge in [0.25, 0.3) is 0 Å². The van der Waals surface area contributed by atoms with Crippen molar-refractivity contribution in [1.29, 1.82) is 0 Å². The van der Waals surface area contributed by atoms with Gasteiger partial charge in [-0.2, -0.15) is 0 Å². The summed E-state index contributed by atoms with van der Waals surface area (Å²) in [5.41, 5.74) is 0.382. The quantitative estimate of drug-likeness (QED) is 0.850.